The van der Waals surface area contributed by atoms with E-state index in [4.69, 9.17) is 4.74 Å². The third-order valence-electron chi connectivity index (χ3n) is 3.12. The Hall–Kier alpha value is -0.900. The Kier molecular flexibility index (Phi) is 6.33. The van der Waals surface area contributed by atoms with Crippen LogP contribution in [0.25, 0.3) is 0 Å². The van der Waals surface area contributed by atoms with Crippen molar-refractivity contribution in [1.29, 1.82) is 0 Å². The van der Waals surface area contributed by atoms with E-state index in [2.05, 4.69) is 44.3 Å². The molecule has 0 aliphatic carbocycles. The quantitative estimate of drug-likeness (QED) is 0.781. The minimum atomic E-state index is 0.0840. The van der Waals surface area contributed by atoms with Gasteiger partial charge >= 0.3 is 0 Å². The molecular formula is C15H25NO2. The molecule has 2 atom stereocenters. The summed E-state index contributed by atoms with van der Waals surface area (Å²) in [6, 6.07) is 6.87. The summed E-state index contributed by atoms with van der Waals surface area (Å²) in [6.45, 7) is 7.15. The van der Waals surface area contributed by atoms with E-state index in [0.29, 0.717) is 6.61 Å². The van der Waals surface area contributed by atoms with E-state index in [1.54, 1.807) is 7.11 Å². The fourth-order valence-electron chi connectivity index (χ4n) is 2.20. The summed E-state index contributed by atoms with van der Waals surface area (Å²) in [4.78, 5) is 0. The van der Waals surface area contributed by atoms with Gasteiger partial charge in [0.05, 0.1) is 6.61 Å². The summed E-state index contributed by atoms with van der Waals surface area (Å²) in [5.74, 6) is 0. The molecule has 2 N–H and O–H groups in total. The van der Waals surface area contributed by atoms with Crippen LogP contribution in [0.1, 0.15) is 36.1 Å². The molecule has 0 bridgehead atoms. The van der Waals surface area contributed by atoms with E-state index in [1.165, 1.54) is 16.7 Å². The molecule has 1 rings (SSSR count). The third-order valence-corrected chi connectivity index (χ3v) is 3.12. The standard InChI is InChI=1S/C15H25NO2/c1-11-7-12(2)9-14(8-11)13(3)16-15(10-17)5-6-18-4/h7-9,13,15-17H,5-6,10H2,1-4H3. The second-order valence-corrected chi connectivity index (χ2v) is 4.97. The topological polar surface area (TPSA) is 41.5 Å². The predicted octanol–water partition coefficient (Wildman–Crippen LogP) is 2.35. The number of rotatable bonds is 7. The number of aliphatic hydroxyl groups is 1. The molecule has 0 fully saturated rings. The summed E-state index contributed by atoms with van der Waals surface area (Å²) >= 11 is 0. The molecule has 1 aromatic rings. The highest BCUT2D eigenvalue weighted by Gasteiger charge is 2.12. The SMILES string of the molecule is COCCC(CO)NC(C)c1cc(C)cc(C)c1. The average molecular weight is 251 g/mol. The van der Waals surface area contributed by atoms with E-state index in [1.807, 2.05) is 0 Å². The molecule has 0 radical (unpaired) electrons. The minimum Gasteiger partial charge on any atom is -0.395 e. The number of benzene rings is 1. The van der Waals surface area contributed by atoms with Gasteiger partial charge in [0.1, 0.15) is 0 Å². The van der Waals surface area contributed by atoms with Gasteiger partial charge in [0.2, 0.25) is 0 Å². The molecule has 102 valence electrons. The van der Waals surface area contributed by atoms with Crippen LogP contribution >= 0.6 is 0 Å². The first-order valence-electron chi connectivity index (χ1n) is 6.51. The molecule has 0 heterocycles. The van der Waals surface area contributed by atoms with Crippen molar-refractivity contribution in [3.8, 4) is 0 Å². The second kappa shape index (κ2) is 7.52. The Bertz CT molecular complexity index is 345. The highest BCUT2D eigenvalue weighted by Crippen LogP contribution is 2.17. The zero-order valence-corrected chi connectivity index (χ0v) is 11.9. The second-order valence-electron chi connectivity index (χ2n) is 4.97. The highest BCUT2D eigenvalue weighted by atomic mass is 16.5. The van der Waals surface area contributed by atoms with Crippen molar-refractivity contribution in [1.82, 2.24) is 5.32 Å². The molecule has 0 spiro atoms. The molecule has 0 saturated carbocycles. The van der Waals surface area contributed by atoms with Crippen molar-refractivity contribution >= 4 is 0 Å². The van der Waals surface area contributed by atoms with Crippen molar-refractivity contribution in [2.45, 2.75) is 39.3 Å². The lowest BCUT2D eigenvalue weighted by molar-refractivity contribution is 0.156. The van der Waals surface area contributed by atoms with E-state index in [-0.39, 0.29) is 18.7 Å². The molecule has 0 aliphatic rings. The number of hydrogen-bond acceptors (Lipinski definition) is 3. The van der Waals surface area contributed by atoms with Crippen LogP contribution in [0.2, 0.25) is 0 Å². The maximum atomic E-state index is 9.34. The van der Waals surface area contributed by atoms with Gasteiger partial charge in [-0.3, -0.25) is 0 Å². The Morgan fingerprint density at radius 3 is 2.33 bits per heavy atom. The molecule has 1 aromatic carbocycles. The predicted molar refractivity (Wildman–Crippen MR) is 74.8 cm³/mol. The molecule has 0 saturated heterocycles. The number of aryl methyl sites for hydroxylation is 2. The third kappa shape index (κ3) is 4.77. The van der Waals surface area contributed by atoms with Crippen molar-refractivity contribution in [2.75, 3.05) is 20.3 Å². The normalized spacial score (nSPS) is 14.5. The summed E-state index contributed by atoms with van der Waals surface area (Å²) in [6.07, 6.45) is 0.822. The lowest BCUT2D eigenvalue weighted by atomic mass is 10.0. The maximum absolute atomic E-state index is 9.34. The first-order valence-corrected chi connectivity index (χ1v) is 6.51. The minimum absolute atomic E-state index is 0.0840. The number of nitrogens with one attached hydrogen (secondary N) is 1. The number of methoxy groups -OCH3 is 1. The summed E-state index contributed by atoms with van der Waals surface area (Å²) < 4.78 is 5.05. The molecule has 0 amide bonds. The smallest absolute Gasteiger partial charge is 0.0585 e. The van der Waals surface area contributed by atoms with Gasteiger partial charge in [0.25, 0.3) is 0 Å². The number of hydrogen-bond donors (Lipinski definition) is 2. The monoisotopic (exact) mass is 251 g/mol. The lowest BCUT2D eigenvalue weighted by Crippen LogP contribution is -2.35. The summed E-state index contributed by atoms with van der Waals surface area (Å²) in [5.41, 5.74) is 3.82. The number of ether oxygens (including phenoxy) is 1. The maximum Gasteiger partial charge on any atom is 0.0585 e. The van der Waals surface area contributed by atoms with Gasteiger partial charge in [-0.15, -0.1) is 0 Å². The van der Waals surface area contributed by atoms with Crippen LogP contribution in [0.4, 0.5) is 0 Å². The van der Waals surface area contributed by atoms with E-state index in [9.17, 15) is 5.11 Å². The first-order chi connectivity index (χ1) is 8.56. The van der Waals surface area contributed by atoms with Gasteiger partial charge < -0.3 is 15.2 Å². The Morgan fingerprint density at radius 2 is 1.83 bits per heavy atom. The van der Waals surface area contributed by atoms with Gasteiger partial charge in [0, 0.05) is 25.8 Å². The fraction of sp³-hybridized carbons (Fsp3) is 0.600. The van der Waals surface area contributed by atoms with Crippen molar-refractivity contribution in [2.24, 2.45) is 0 Å². The largest absolute Gasteiger partial charge is 0.395 e. The van der Waals surface area contributed by atoms with Crippen LogP contribution in [-0.2, 0) is 4.74 Å². The van der Waals surface area contributed by atoms with Crippen LogP contribution in [0.3, 0.4) is 0 Å². The highest BCUT2D eigenvalue weighted by molar-refractivity contribution is 5.30. The van der Waals surface area contributed by atoms with Crippen LogP contribution in [0.15, 0.2) is 18.2 Å². The van der Waals surface area contributed by atoms with Crippen LogP contribution in [0.5, 0.6) is 0 Å². The van der Waals surface area contributed by atoms with Crippen molar-refractivity contribution in [3.05, 3.63) is 34.9 Å². The van der Waals surface area contributed by atoms with Crippen LogP contribution in [0, 0.1) is 13.8 Å². The van der Waals surface area contributed by atoms with Crippen LogP contribution in [-0.4, -0.2) is 31.5 Å². The Labute approximate surface area is 110 Å². The molecule has 0 aliphatic heterocycles. The van der Waals surface area contributed by atoms with Crippen molar-refractivity contribution in [3.63, 3.8) is 0 Å². The first kappa shape index (κ1) is 15.2. The zero-order valence-electron chi connectivity index (χ0n) is 11.9. The fourth-order valence-corrected chi connectivity index (χ4v) is 2.20. The molecule has 2 unspecified atom stereocenters. The van der Waals surface area contributed by atoms with Gasteiger partial charge in [-0.2, -0.15) is 0 Å². The van der Waals surface area contributed by atoms with E-state index >= 15 is 0 Å². The van der Waals surface area contributed by atoms with Gasteiger partial charge in [-0.05, 0) is 32.8 Å². The van der Waals surface area contributed by atoms with Gasteiger partial charge in [-0.25, -0.2) is 0 Å². The average Bonchev–Trinajstić information content (AvgIpc) is 2.32. The number of aliphatic hydroxyl groups excluding tert-OH is 1. The molecule has 0 aromatic heterocycles. The Balaban J connectivity index is 2.65. The van der Waals surface area contributed by atoms with Gasteiger partial charge in [0.15, 0.2) is 0 Å². The Morgan fingerprint density at radius 1 is 1.22 bits per heavy atom. The van der Waals surface area contributed by atoms with Crippen LogP contribution < -0.4 is 5.32 Å². The van der Waals surface area contributed by atoms with E-state index in [0.717, 1.165) is 6.42 Å². The summed E-state index contributed by atoms with van der Waals surface area (Å²) in [7, 11) is 1.68. The van der Waals surface area contributed by atoms with E-state index < -0.39 is 0 Å². The molecule has 3 nitrogen and oxygen atoms in total. The molecular weight excluding hydrogens is 226 g/mol. The molecule has 18 heavy (non-hydrogen) atoms. The lowest BCUT2D eigenvalue weighted by Gasteiger charge is -2.22. The zero-order chi connectivity index (χ0) is 13.5. The summed E-state index contributed by atoms with van der Waals surface area (Å²) in [5, 5.41) is 12.8. The molecule has 3 heteroatoms. The van der Waals surface area contributed by atoms with Gasteiger partial charge in [-0.1, -0.05) is 29.3 Å². The van der Waals surface area contributed by atoms with Crippen molar-refractivity contribution < 1.29 is 9.84 Å².